The molecular formula is C27H42O. The molecule has 28 heavy (non-hydrogen) atoms. The molecule has 0 saturated carbocycles. The quantitative estimate of drug-likeness (QED) is 0.527. The molecule has 0 radical (unpaired) electrons. The predicted molar refractivity (Wildman–Crippen MR) is 123 cm³/mol. The summed E-state index contributed by atoms with van der Waals surface area (Å²) < 4.78 is 0. The molecule has 0 aromatic heterocycles. The zero-order valence-corrected chi connectivity index (χ0v) is 19.9. The molecule has 156 valence electrons. The predicted octanol–water partition coefficient (Wildman–Crippen LogP) is 8.10. The number of hydrogen-bond acceptors (Lipinski definition) is 1. The zero-order valence-electron chi connectivity index (χ0n) is 19.9. The van der Waals surface area contributed by atoms with Crippen LogP contribution < -0.4 is 0 Å². The second-order valence-corrected chi connectivity index (χ2v) is 10.4. The lowest BCUT2D eigenvalue weighted by atomic mass is 9.62. The van der Waals surface area contributed by atoms with Crippen molar-refractivity contribution in [1.82, 2.24) is 0 Å². The molecule has 0 spiro atoms. The Kier molecular flexibility index (Phi) is 6.90. The lowest BCUT2D eigenvalue weighted by Crippen LogP contribution is -2.34. The van der Waals surface area contributed by atoms with Gasteiger partial charge in [-0.15, -0.1) is 0 Å². The van der Waals surface area contributed by atoms with Crippen LogP contribution in [0.15, 0.2) is 35.4 Å². The summed E-state index contributed by atoms with van der Waals surface area (Å²) in [5, 5.41) is 10.9. The van der Waals surface area contributed by atoms with Crippen LogP contribution in [-0.4, -0.2) is 5.11 Å². The lowest BCUT2D eigenvalue weighted by Gasteiger charge is -2.42. The highest BCUT2D eigenvalue weighted by atomic mass is 16.3. The SMILES string of the molecule is CC(C)C1=CC(c2cc(C(C)C)c(O)c(C(C)C)c2)(C(C)C)CC(C(C)C)=C1. The van der Waals surface area contributed by atoms with Gasteiger partial charge in [-0.05, 0) is 58.3 Å². The molecule has 1 nitrogen and oxygen atoms in total. The highest BCUT2D eigenvalue weighted by Crippen LogP contribution is 2.48. The molecule has 0 fully saturated rings. The third kappa shape index (κ3) is 4.24. The van der Waals surface area contributed by atoms with Crippen molar-refractivity contribution in [2.24, 2.45) is 17.8 Å². The number of hydrogen-bond donors (Lipinski definition) is 1. The van der Waals surface area contributed by atoms with Gasteiger partial charge < -0.3 is 5.11 Å². The molecule has 1 aromatic carbocycles. The highest BCUT2D eigenvalue weighted by Gasteiger charge is 2.39. The van der Waals surface area contributed by atoms with Crippen LogP contribution in [0.5, 0.6) is 5.75 Å². The van der Waals surface area contributed by atoms with Crippen LogP contribution >= 0.6 is 0 Å². The van der Waals surface area contributed by atoms with E-state index >= 15 is 0 Å². The van der Waals surface area contributed by atoms with Crippen molar-refractivity contribution in [1.29, 1.82) is 0 Å². The first-order valence-electron chi connectivity index (χ1n) is 11.2. The fourth-order valence-corrected chi connectivity index (χ4v) is 4.42. The summed E-state index contributed by atoms with van der Waals surface area (Å²) in [5.74, 6) is 2.65. The van der Waals surface area contributed by atoms with Crippen molar-refractivity contribution in [3.63, 3.8) is 0 Å². The molecule has 0 saturated heterocycles. The van der Waals surface area contributed by atoms with Gasteiger partial charge in [-0.2, -0.15) is 0 Å². The van der Waals surface area contributed by atoms with Crippen LogP contribution in [0.2, 0.25) is 0 Å². The number of aromatic hydroxyl groups is 1. The summed E-state index contributed by atoms with van der Waals surface area (Å²) in [7, 11) is 0. The van der Waals surface area contributed by atoms with Gasteiger partial charge in [0, 0.05) is 5.41 Å². The summed E-state index contributed by atoms with van der Waals surface area (Å²) >= 11 is 0. The summed E-state index contributed by atoms with van der Waals surface area (Å²) in [6, 6.07) is 4.59. The van der Waals surface area contributed by atoms with E-state index in [9.17, 15) is 5.11 Å². The Morgan fingerprint density at radius 2 is 1.25 bits per heavy atom. The van der Waals surface area contributed by atoms with Crippen molar-refractivity contribution in [3.8, 4) is 5.75 Å². The summed E-state index contributed by atoms with van der Waals surface area (Å²) in [4.78, 5) is 0. The largest absolute Gasteiger partial charge is 0.507 e. The number of phenols is 1. The smallest absolute Gasteiger partial charge is 0.122 e. The van der Waals surface area contributed by atoms with Crippen LogP contribution in [0.4, 0.5) is 0 Å². The Morgan fingerprint density at radius 1 is 0.750 bits per heavy atom. The maximum Gasteiger partial charge on any atom is 0.122 e. The first-order valence-corrected chi connectivity index (χ1v) is 11.2. The first-order chi connectivity index (χ1) is 12.9. The van der Waals surface area contributed by atoms with Gasteiger partial charge in [-0.25, -0.2) is 0 Å². The van der Waals surface area contributed by atoms with Gasteiger partial charge in [0.05, 0.1) is 0 Å². The molecule has 0 amide bonds. The minimum Gasteiger partial charge on any atom is -0.507 e. The van der Waals surface area contributed by atoms with E-state index in [0.29, 0.717) is 35.3 Å². The van der Waals surface area contributed by atoms with Crippen LogP contribution in [0, 0.1) is 17.8 Å². The van der Waals surface area contributed by atoms with E-state index in [-0.39, 0.29) is 5.41 Å². The van der Waals surface area contributed by atoms with Crippen LogP contribution in [0.1, 0.15) is 104 Å². The Bertz CT molecular complexity index is 729. The van der Waals surface area contributed by atoms with Gasteiger partial charge in [-0.1, -0.05) is 99.1 Å². The lowest BCUT2D eigenvalue weighted by molar-refractivity contribution is 0.359. The molecule has 1 aliphatic carbocycles. The van der Waals surface area contributed by atoms with Crippen LogP contribution in [0.3, 0.4) is 0 Å². The highest BCUT2D eigenvalue weighted by molar-refractivity contribution is 5.52. The van der Waals surface area contributed by atoms with E-state index in [1.54, 1.807) is 5.57 Å². The first kappa shape index (κ1) is 22.8. The fraction of sp³-hybridized carbons (Fsp3) is 0.630. The van der Waals surface area contributed by atoms with E-state index in [2.05, 4.69) is 93.5 Å². The van der Waals surface area contributed by atoms with Crippen molar-refractivity contribution in [2.45, 2.75) is 92.9 Å². The van der Waals surface area contributed by atoms with E-state index in [1.807, 2.05) is 0 Å². The molecule has 0 aliphatic heterocycles. The van der Waals surface area contributed by atoms with E-state index in [4.69, 9.17) is 0 Å². The van der Waals surface area contributed by atoms with Gasteiger partial charge in [-0.3, -0.25) is 0 Å². The van der Waals surface area contributed by atoms with Gasteiger partial charge in [0.25, 0.3) is 0 Å². The topological polar surface area (TPSA) is 20.2 Å². The number of allylic oxidation sites excluding steroid dienone is 4. The summed E-state index contributed by atoms with van der Waals surface area (Å²) in [6.45, 7) is 22.7. The zero-order chi connectivity index (χ0) is 21.4. The minimum atomic E-state index is -0.0189. The minimum absolute atomic E-state index is 0.0189. The Labute approximate surface area is 174 Å². The normalized spacial score (nSPS) is 20.5. The van der Waals surface area contributed by atoms with Crippen molar-refractivity contribution >= 4 is 0 Å². The molecule has 1 unspecified atom stereocenters. The Morgan fingerprint density at radius 3 is 1.61 bits per heavy atom. The van der Waals surface area contributed by atoms with Crippen molar-refractivity contribution in [3.05, 3.63) is 52.1 Å². The monoisotopic (exact) mass is 382 g/mol. The number of benzene rings is 1. The van der Waals surface area contributed by atoms with Crippen LogP contribution in [0.25, 0.3) is 0 Å². The van der Waals surface area contributed by atoms with Gasteiger partial charge in [0.1, 0.15) is 5.75 Å². The molecule has 1 N–H and O–H groups in total. The molecular weight excluding hydrogens is 340 g/mol. The second kappa shape index (κ2) is 8.47. The second-order valence-electron chi connectivity index (χ2n) is 10.4. The van der Waals surface area contributed by atoms with Crippen molar-refractivity contribution in [2.75, 3.05) is 0 Å². The molecule has 1 heteroatoms. The fourth-order valence-electron chi connectivity index (χ4n) is 4.42. The Hall–Kier alpha value is -1.50. The average molecular weight is 383 g/mol. The summed E-state index contributed by atoms with van der Waals surface area (Å²) in [5.41, 5.74) is 6.52. The maximum absolute atomic E-state index is 10.9. The van der Waals surface area contributed by atoms with E-state index in [0.717, 1.165) is 17.5 Å². The van der Waals surface area contributed by atoms with Crippen LogP contribution in [-0.2, 0) is 5.41 Å². The number of rotatable bonds is 6. The maximum atomic E-state index is 10.9. The molecule has 1 aliphatic rings. The average Bonchev–Trinajstić information content (AvgIpc) is 2.60. The summed E-state index contributed by atoms with van der Waals surface area (Å²) in [6.07, 6.45) is 6.07. The molecule has 2 rings (SSSR count). The third-order valence-electron chi connectivity index (χ3n) is 6.66. The molecule has 0 heterocycles. The molecule has 1 aromatic rings. The van der Waals surface area contributed by atoms with Gasteiger partial charge >= 0.3 is 0 Å². The van der Waals surface area contributed by atoms with Gasteiger partial charge in [0.15, 0.2) is 0 Å². The number of phenolic OH excluding ortho intramolecular Hbond substituents is 1. The molecule has 1 atom stereocenters. The molecule has 0 bridgehead atoms. The van der Waals surface area contributed by atoms with E-state index in [1.165, 1.54) is 11.1 Å². The van der Waals surface area contributed by atoms with Crippen molar-refractivity contribution < 1.29 is 5.11 Å². The standard InChI is InChI=1S/C27H42O/c1-16(2)21-11-22(17(3)4)15-27(14-21,20(9)10)23-12-24(18(5)6)26(28)25(13-23)19(7)8/h11-14,16-20,28H,15H2,1-10H3. The third-order valence-corrected chi connectivity index (χ3v) is 6.66. The van der Waals surface area contributed by atoms with Gasteiger partial charge in [0.2, 0.25) is 0 Å². The Balaban J connectivity index is 2.81. The van der Waals surface area contributed by atoms with E-state index < -0.39 is 0 Å².